The lowest BCUT2D eigenvalue weighted by Gasteiger charge is -2.31. The van der Waals surface area contributed by atoms with Gasteiger partial charge in [-0.1, -0.05) is 59.6 Å². The molecule has 0 bridgehead atoms. The van der Waals surface area contributed by atoms with Gasteiger partial charge in [-0.25, -0.2) is 4.68 Å². The minimum atomic E-state index is -0.153. The van der Waals surface area contributed by atoms with Gasteiger partial charge in [0, 0.05) is 29.7 Å². The van der Waals surface area contributed by atoms with Crippen molar-refractivity contribution in [2.75, 3.05) is 18.4 Å². The van der Waals surface area contributed by atoms with Crippen molar-refractivity contribution in [3.63, 3.8) is 0 Å². The molecule has 2 aromatic carbocycles. The number of hydrogen-bond acceptors (Lipinski definition) is 3. The van der Waals surface area contributed by atoms with Crippen LogP contribution in [0.3, 0.4) is 0 Å². The molecule has 8 heteroatoms. The second-order valence-corrected chi connectivity index (χ2v) is 8.69. The van der Waals surface area contributed by atoms with Crippen molar-refractivity contribution >= 4 is 40.7 Å². The van der Waals surface area contributed by atoms with Gasteiger partial charge in [0.1, 0.15) is 5.15 Å². The van der Waals surface area contributed by atoms with E-state index in [9.17, 15) is 9.59 Å². The number of amides is 2. The average molecular weight is 471 g/mol. The molecule has 166 valence electrons. The molecule has 0 aliphatic carbocycles. The molecule has 1 aliphatic rings. The monoisotopic (exact) mass is 470 g/mol. The molecule has 2 heterocycles. The van der Waals surface area contributed by atoms with Crippen LogP contribution in [0.4, 0.5) is 5.69 Å². The summed E-state index contributed by atoms with van der Waals surface area (Å²) < 4.78 is 1.60. The Labute approximate surface area is 197 Å². The van der Waals surface area contributed by atoms with E-state index in [1.165, 1.54) is 0 Å². The molecule has 1 N–H and O–H groups in total. The van der Waals surface area contributed by atoms with Gasteiger partial charge in [-0.2, -0.15) is 5.10 Å². The fourth-order valence-corrected chi connectivity index (χ4v) is 4.47. The number of halogens is 2. The number of anilines is 1. The second-order valence-electron chi connectivity index (χ2n) is 7.92. The van der Waals surface area contributed by atoms with Gasteiger partial charge in [0.15, 0.2) is 0 Å². The fourth-order valence-electron chi connectivity index (χ4n) is 3.96. The van der Waals surface area contributed by atoms with E-state index in [0.717, 1.165) is 11.3 Å². The van der Waals surface area contributed by atoms with E-state index in [1.54, 1.807) is 16.5 Å². The number of rotatable bonds is 5. The Balaban J connectivity index is 1.40. The van der Waals surface area contributed by atoms with Crippen LogP contribution >= 0.6 is 23.2 Å². The highest BCUT2D eigenvalue weighted by molar-refractivity contribution is 6.33. The molecule has 0 spiro atoms. The molecule has 3 aromatic rings. The molecule has 1 fully saturated rings. The molecule has 1 aromatic heterocycles. The van der Waals surface area contributed by atoms with Gasteiger partial charge in [-0.3, -0.25) is 9.59 Å². The summed E-state index contributed by atoms with van der Waals surface area (Å²) in [5, 5.41) is 8.34. The first-order valence-corrected chi connectivity index (χ1v) is 11.3. The molecule has 0 unspecified atom stereocenters. The molecular weight excluding hydrogens is 447 g/mol. The lowest BCUT2D eigenvalue weighted by molar-refractivity contribution is -0.121. The molecule has 1 saturated heterocycles. The molecule has 32 heavy (non-hydrogen) atoms. The smallest absolute Gasteiger partial charge is 0.258 e. The van der Waals surface area contributed by atoms with Crippen LogP contribution in [0.15, 0.2) is 54.6 Å². The standard InChI is InChI=1S/C24H24Cl2N4O2/c1-16-21(22(26)30(28-16)15-18-7-5-6-10-20(18)25)24(32)29-13-11-17(12-14-29)23(31)27-19-8-3-2-4-9-19/h2-10,17H,11-15H2,1H3,(H,27,31). The van der Waals surface area contributed by atoms with Crippen LogP contribution in [-0.2, 0) is 11.3 Å². The Morgan fingerprint density at radius 1 is 1.03 bits per heavy atom. The number of nitrogens with one attached hydrogen (secondary N) is 1. The second kappa shape index (κ2) is 9.76. The molecule has 0 saturated carbocycles. The van der Waals surface area contributed by atoms with Crippen molar-refractivity contribution in [3.8, 4) is 0 Å². The van der Waals surface area contributed by atoms with Crippen molar-refractivity contribution in [2.45, 2.75) is 26.3 Å². The number of carbonyl (C=O) groups is 2. The summed E-state index contributed by atoms with van der Waals surface area (Å²) in [5.41, 5.74) is 2.65. The molecule has 0 atom stereocenters. The quantitative estimate of drug-likeness (QED) is 0.567. The summed E-state index contributed by atoms with van der Waals surface area (Å²) >= 11 is 12.8. The molecule has 1 aliphatic heterocycles. The Morgan fingerprint density at radius 3 is 2.38 bits per heavy atom. The number of aromatic nitrogens is 2. The third kappa shape index (κ3) is 4.81. The average Bonchev–Trinajstić information content (AvgIpc) is 3.08. The van der Waals surface area contributed by atoms with Gasteiger partial charge in [0.2, 0.25) is 5.91 Å². The Bertz CT molecular complexity index is 1120. The Kier molecular flexibility index (Phi) is 6.82. The number of nitrogens with zero attached hydrogens (tertiary/aromatic N) is 3. The molecular formula is C24H24Cl2N4O2. The van der Waals surface area contributed by atoms with Crippen LogP contribution in [0.1, 0.15) is 34.5 Å². The van der Waals surface area contributed by atoms with Gasteiger partial charge >= 0.3 is 0 Å². The number of benzene rings is 2. The van der Waals surface area contributed by atoms with Crippen molar-refractivity contribution in [1.29, 1.82) is 0 Å². The first kappa shape index (κ1) is 22.4. The summed E-state index contributed by atoms with van der Waals surface area (Å²) in [5.74, 6) is -0.288. The maximum atomic E-state index is 13.2. The summed E-state index contributed by atoms with van der Waals surface area (Å²) in [6, 6.07) is 16.9. The third-order valence-electron chi connectivity index (χ3n) is 5.75. The van der Waals surface area contributed by atoms with Gasteiger partial charge in [-0.15, -0.1) is 0 Å². The van der Waals surface area contributed by atoms with Gasteiger partial charge in [-0.05, 0) is 43.5 Å². The number of piperidine rings is 1. The predicted octanol–water partition coefficient (Wildman–Crippen LogP) is 5.04. The minimum absolute atomic E-state index is 0.00919. The van der Waals surface area contributed by atoms with E-state index >= 15 is 0 Å². The Morgan fingerprint density at radius 2 is 1.69 bits per heavy atom. The lowest BCUT2D eigenvalue weighted by Crippen LogP contribution is -2.41. The van der Waals surface area contributed by atoms with E-state index in [1.807, 2.05) is 54.6 Å². The van der Waals surface area contributed by atoms with E-state index in [4.69, 9.17) is 23.2 Å². The first-order valence-electron chi connectivity index (χ1n) is 10.6. The van der Waals surface area contributed by atoms with Crippen LogP contribution in [-0.4, -0.2) is 39.6 Å². The maximum absolute atomic E-state index is 13.2. The molecule has 0 radical (unpaired) electrons. The third-order valence-corrected chi connectivity index (χ3v) is 6.50. The van der Waals surface area contributed by atoms with E-state index in [2.05, 4.69) is 10.4 Å². The largest absolute Gasteiger partial charge is 0.338 e. The molecule has 2 amide bonds. The van der Waals surface area contributed by atoms with Gasteiger partial charge in [0.05, 0.1) is 17.8 Å². The zero-order valence-electron chi connectivity index (χ0n) is 17.7. The number of hydrogen-bond donors (Lipinski definition) is 1. The lowest BCUT2D eigenvalue weighted by atomic mass is 9.95. The van der Waals surface area contributed by atoms with Crippen LogP contribution in [0.2, 0.25) is 10.2 Å². The van der Waals surface area contributed by atoms with Gasteiger partial charge in [0.25, 0.3) is 5.91 Å². The van der Waals surface area contributed by atoms with Crippen molar-refractivity contribution in [3.05, 3.63) is 81.6 Å². The fraction of sp³-hybridized carbons (Fsp3) is 0.292. The molecule has 4 rings (SSSR count). The summed E-state index contributed by atoms with van der Waals surface area (Å²) in [7, 11) is 0. The summed E-state index contributed by atoms with van der Waals surface area (Å²) in [6.45, 7) is 3.16. The van der Waals surface area contributed by atoms with Crippen molar-refractivity contribution < 1.29 is 9.59 Å². The number of aryl methyl sites for hydroxylation is 1. The highest BCUT2D eigenvalue weighted by atomic mass is 35.5. The maximum Gasteiger partial charge on any atom is 0.258 e. The first-order chi connectivity index (χ1) is 15.4. The zero-order chi connectivity index (χ0) is 22.7. The highest BCUT2D eigenvalue weighted by Crippen LogP contribution is 2.27. The van der Waals surface area contributed by atoms with E-state index in [0.29, 0.717) is 53.9 Å². The number of carbonyl (C=O) groups excluding carboxylic acids is 2. The molecule has 6 nitrogen and oxygen atoms in total. The van der Waals surface area contributed by atoms with Crippen molar-refractivity contribution in [2.24, 2.45) is 5.92 Å². The normalized spacial score (nSPS) is 14.4. The van der Waals surface area contributed by atoms with Crippen LogP contribution < -0.4 is 5.32 Å². The van der Waals surface area contributed by atoms with E-state index in [-0.39, 0.29) is 17.7 Å². The number of para-hydroxylation sites is 1. The zero-order valence-corrected chi connectivity index (χ0v) is 19.2. The highest BCUT2D eigenvalue weighted by Gasteiger charge is 2.31. The summed E-state index contributed by atoms with van der Waals surface area (Å²) in [4.78, 5) is 27.5. The van der Waals surface area contributed by atoms with Crippen LogP contribution in [0.25, 0.3) is 0 Å². The Hall–Kier alpha value is -2.83. The number of likely N-dealkylation sites (tertiary alicyclic amines) is 1. The topological polar surface area (TPSA) is 67.2 Å². The predicted molar refractivity (Wildman–Crippen MR) is 126 cm³/mol. The minimum Gasteiger partial charge on any atom is -0.338 e. The van der Waals surface area contributed by atoms with Crippen molar-refractivity contribution in [1.82, 2.24) is 14.7 Å². The SMILES string of the molecule is Cc1nn(Cc2ccccc2Cl)c(Cl)c1C(=O)N1CCC(C(=O)Nc2ccccc2)CC1. The summed E-state index contributed by atoms with van der Waals surface area (Å²) in [6.07, 6.45) is 1.21. The van der Waals surface area contributed by atoms with Gasteiger partial charge < -0.3 is 10.2 Å². The van der Waals surface area contributed by atoms with Crippen LogP contribution in [0.5, 0.6) is 0 Å². The van der Waals surface area contributed by atoms with E-state index < -0.39 is 0 Å². The van der Waals surface area contributed by atoms with Crippen LogP contribution in [0, 0.1) is 12.8 Å².